The van der Waals surface area contributed by atoms with Crippen LogP contribution in [0.15, 0.2) is 90.5 Å². The van der Waals surface area contributed by atoms with Crippen molar-refractivity contribution in [3.8, 4) is 0 Å². The summed E-state index contributed by atoms with van der Waals surface area (Å²) in [6.45, 7) is 11.9. The molecule has 1 N–H and O–H groups in total. The average Bonchev–Trinajstić information content (AvgIpc) is 2.88. The number of aliphatic hydroxyl groups is 1. The van der Waals surface area contributed by atoms with Gasteiger partial charge in [-0.2, -0.15) is 0 Å². The van der Waals surface area contributed by atoms with Gasteiger partial charge in [0.05, 0.1) is 5.41 Å². The summed E-state index contributed by atoms with van der Waals surface area (Å²) < 4.78 is 0. The van der Waals surface area contributed by atoms with Crippen molar-refractivity contribution in [1.82, 2.24) is 0 Å². The Kier molecular flexibility index (Phi) is 6.98. The number of fused-ring (bicyclic) bond motifs is 2. The van der Waals surface area contributed by atoms with Crippen LogP contribution in [0.4, 0.5) is 0 Å². The molecule has 2 aliphatic carbocycles. The van der Waals surface area contributed by atoms with Crippen molar-refractivity contribution in [3.63, 3.8) is 0 Å². The fourth-order valence-electron chi connectivity index (χ4n) is 6.52. The van der Waals surface area contributed by atoms with E-state index in [1.807, 2.05) is 58.0 Å². The maximum atomic E-state index is 14.7. The van der Waals surface area contributed by atoms with Crippen molar-refractivity contribution in [2.75, 3.05) is 0 Å². The number of rotatable bonds is 7. The molecule has 4 nitrogen and oxygen atoms in total. The molecule has 0 radical (unpaired) electrons. The SMILES string of the molecule is C=CC[C@@]12C(=O)C(=C(O)c3ccccc3)C(=O)[C@@](Cc3ccccc3)(C[C@@H](CC=C(C)C)C1(C)C)C2=O. The first-order valence-electron chi connectivity index (χ1n) is 12.9. The molecule has 0 amide bonds. The van der Waals surface area contributed by atoms with Gasteiger partial charge in [0.1, 0.15) is 16.7 Å². The van der Waals surface area contributed by atoms with E-state index in [2.05, 4.69) is 12.7 Å². The highest BCUT2D eigenvalue weighted by Crippen LogP contribution is 2.65. The predicted octanol–water partition coefficient (Wildman–Crippen LogP) is 6.87. The minimum atomic E-state index is -1.51. The number of carbonyl (C=O) groups is 3. The number of allylic oxidation sites excluding steroid dienone is 4. The lowest BCUT2D eigenvalue weighted by Gasteiger charge is -2.60. The van der Waals surface area contributed by atoms with Crippen LogP contribution in [0.1, 0.15) is 58.1 Å². The van der Waals surface area contributed by atoms with Crippen molar-refractivity contribution >= 4 is 23.1 Å². The van der Waals surface area contributed by atoms with Crippen molar-refractivity contribution in [2.24, 2.45) is 22.2 Å². The van der Waals surface area contributed by atoms with Gasteiger partial charge in [0.2, 0.25) is 0 Å². The summed E-state index contributed by atoms with van der Waals surface area (Å²) >= 11 is 0. The zero-order chi connectivity index (χ0) is 27.0. The summed E-state index contributed by atoms with van der Waals surface area (Å²) in [5, 5.41) is 11.4. The molecule has 0 aromatic heterocycles. The maximum Gasteiger partial charge on any atom is 0.184 e. The Balaban J connectivity index is 2.04. The Morgan fingerprint density at radius 1 is 0.973 bits per heavy atom. The predicted molar refractivity (Wildman–Crippen MR) is 147 cm³/mol. The van der Waals surface area contributed by atoms with Crippen LogP contribution in [0.25, 0.3) is 5.76 Å². The van der Waals surface area contributed by atoms with Crippen molar-refractivity contribution < 1.29 is 19.5 Å². The molecule has 0 saturated heterocycles. The van der Waals surface area contributed by atoms with Crippen LogP contribution in [0.3, 0.4) is 0 Å². The van der Waals surface area contributed by atoms with Gasteiger partial charge in [-0.25, -0.2) is 0 Å². The van der Waals surface area contributed by atoms with Gasteiger partial charge >= 0.3 is 0 Å². The Morgan fingerprint density at radius 3 is 2.14 bits per heavy atom. The molecule has 0 spiro atoms. The summed E-state index contributed by atoms with van der Waals surface area (Å²) in [5.41, 5.74) is -1.60. The fraction of sp³-hybridized carbons (Fsp3) is 0.364. The quantitative estimate of drug-likeness (QED) is 0.149. The number of Topliss-reactive ketones (excluding diaryl/α,β-unsaturated/α-hetero) is 3. The number of aliphatic hydroxyl groups excluding tert-OH is 1. The van der Waals surface area contributed by atoms with E-state index in [0.717, 1.165) is 11.1 Å². The zero-order valence-electron chi connectivity index (χ0n) is 22.2. The van der Waals surface area contributed by atoms with E-state index in [-0.39, 0.29) is 35.9 Å². The number of hydrogen-bond acceptors (Lipinski definition) is 4. The molecule has 4 heteroatoms. The van der Waals surface area contributed by atoms with Crippen LogP contribution in [0, 0.1) is 22.2 Å². The number of ketones is 3. The molecule has 0 heterocycles. The number of carbonyl (C=O) groups excluding carboxylic acids is 3. The van der Waals surface area contributed by atoms with Crippen LogP contribution in [0.5, 0.6) is 0 Å². The van der Waals surface area contributed by atoms with Gasteiger partial charge in [-0.3, -0.25) is 14.4 Å². The van der Waals surface area contributed by atoms with Crippen molar-refractivity contribution in [3.05, 3.63) is 102 Å². The molecule has 3 atom stereocenters. The van der Waals surface area contributed by atoms with Crippen LogP contribution in [0.2, 0.25) is 0 Å². The number of benzene rings is 2. The molecule has 2 saturated carbocycles. The molecule has 2 bridgehead atoms. The lowest BCUT2D eigenvalue weighted by molar-refractivity contribution is -0.176. The molecule has 4 rings (SSSR count). The van der Waals surface area contributed by atoms with Crippen molar-refractivity contribution in [1.29, 1.82) is 0 Å². The van der Waals surface area contributed by atoms with Gasteiger partial charge in [-0.05, 0) is 56.4 Å². The van der Waals surface area contributed by atoms with E-state index in [1.54, 1.807) is 36.4 Å². The monoisotopic (exact) mass is 496 g/mol. The Morgan fingerprint density at radius 2 is 1.57 bits per heavy atom. The third-order valence-electron chi connectivity index (χ3n) is 8.71. The third kappa shape index (κ3) is 4.03. The highest BCUT2D eigenvalue weighted by atomic mass is 16.3. The number of hydrogen-bond donors (Lipinski definition) is 1. The van der Waals surface area contributed by atoms with Gasteiger partial charge in [-0.1, -0.05) is 92.2 Å². The van der Waals surface area contributed by atoms with Crippen LogP contribution < -0.4 is 0 Å². The zero-order valence-corrected chi connectivity index (χ0v) is 22.2. The average molecular weight is 497 g/mol. The Hall–Kier alpha value is -3.53. The molecule has 2 aromatic carbocycles. The smallest absolute Gasteiger partial charge is 0.184 e. The summed E-state index contributed by atoms with van der Waals surface area (Å²) in [6, 6.07) is 18.1. The topological polar surface area (TPSA) is 71.4 Å². The highest BCUT2D eigenvalue weighted by molar-refractivity contribution is 6.41. The van der Waals surface area contributed by atoms with E-state index < -0.39 is 27.8 Å². The lowest BCUT2D eigenvalue weighted by Crippen LogP contribution is -2.70. The summed E-state index contributed by atoms with van der Waals surface area (Å²) in [5.74, 6) is -1.93. The van der Waals surface area contributed by atoms with E-state index in [4.69, 9.17) is 0 Å². The second-order valence-corrected chi connectivity index (χ2v) is 11.4. The summed E-state index contributed by atoms with van der Waals surface area (Å²) in [7, 11) is 0. The molecule has 2 fully saturated rings. The maximum absolute atomic E-state index is 14.7. The molecule has 0 unspecified atom stereocenters. The van der Waals surface area contributed by atoms with E-state index in [0.29, 0.717) is 18.4 Å². The van der Waals surface area contributed by atoms with Gasteiger partial charge in [0.15, 0.2) is 17.3 Å². The van der Waals surface area contributed by atoms with Crippen LogP contribution >= 0.6 is 0 Å². The summed E-state index contributed by atoms with van der Waals surface area (Å²) in [6.07, 6.45) is 5.00. The molecule has 192 valence electrons. The first-order chi connectivity index (χ1) is 17.5. The third-order valence-corrected chi connectivity index (χ3v) is 8.71. The van der Waals surface area contributed by atoms with Gasteiger partial charge in [-0.15, -0.1) is 6.58 Å². The van der Waals surface area contributed by atoms with Gasteiger partial charge in [0.25, 0.3) is 0 Å². The van der Waals surface area contributed by atoms with Gasteiger partial charge < -0.3 is 5.11 Å². The van der Waals surface area contributed by atoms with E-state index >= 15 is 0 Å². The Bertz CT molecular complexity index is 1290. The molecule has 37 heavy (non-hydrogen) atoms. The normalized spacial score (nSPS) is 28.0. The molecule has 2 aromatic rings. The van der Waals surface area contributed by atoms with E-state index in [1.165, 1.54) is 0 Å². The first-order valence-corrected chi connectivity index (χ1v) is 12.9. The minimum absolute atomic E-state index is 0.0999. The Labute approximate surface area is 219 Å². The molecule has 0 aliphatic heterocycles. The van der Waals surface area contributed by atoms with E-state index in [9.17, 15) is 19.5 Å². The molecule has 2 aliphatic rings. The first kappa shape index (κ1) is 26.5. The standard InChI is InChI=1S/C33H36O4/c1-6-19-33-29(36)26(27(34)24-15-11-8-12-16-24)28(35)32(30(33)37,20-23-13-9-7-10-14-23)21-25(31(33,4)5)18-17-22(2)3/h6-17,25,34H,1,18-21H2,2-5H3/t25-,32-,33+/m1/s1. The van der Waals surface area contributed by atoms with Crippen molar-refractivity contribution in [2.45, 2.75) is 53.4 Å². The van der Waals surface area contributed by atoms with Gasteiger partial charge in [0, 0.05) is 5.56 Å². The fourth-order valence-corrected chi connectivity index (χ4v) is 6.52. The second kappa shape index (κ2) is 9.74. The lowest BCUT2D eigenvalue weighted by atomic mass is 9.38. The minimum Gasteiger partial charge on any atom is -0.506 e. The van der Waals surface area contributed by atoms with Crippen LogP contribution in [-0.4, -0.2) is 22.5 Å². The molecular weight excluding hydrogens is 460 g/mol. The largest absolute Gasteiger partial charge is 0.506 e. The van der Waals surface area contributed by atoms with Crippen LogP contribution in [-0.2, 0) is 20.8 Å². The summed E-state index contributed by atoms with van der Waals surface area (Å²) in [4.78, 5) is 43.6. The second-order valence-electron chi connectivity index (χ2n) is 11.4. The molecular formula is C33H36O4. The highest BCUT2D eigenvalue weighted by Gasteiger charge is 2.73.